The molecule has 172 valence electrons. The van der Waals surface area contributed by atoms with E-state index in [1.165, 1.54) is 43.7 Å². The van der Waals surface area contributed by atoms with Gasteiger partial charge in [-0.1, -0.05) is 48.5 Å². The maximum atomic E-state index is 13.5. The number of benzene rings is 3. The van der Waals surface area contributed by atoms with Gasteiger partial charge in [-0.15, -0.1) is 0 Å². The molecule has 9 heteroatoms. The Morgan fingerprint density at radius 2 is 1.79 bits per heavy atom. The highest BCUT2D eigenvalue weighted by Gasteiger charge is 2.30. The average Bonchev–Trinajstić information content (AvgIpc) is 2.80. The first kappa shape index (κ1) is 24.1. The number of ether oxygens (including phenoxy) is 1. The molecule has 3 rings (SSSR count). The smallest absolute Gasteiger partial charge is 0.255 e. The minimum atomic E-state index is -4.09. The monoisotopic (exact) mass is 469 g/mol. The molecular formula is C24H24FN3O4S. The molecule has 1 N–H and O–H groups in total. The minimum absolute atomic E-state index is 0.0185. The second-order valence-corrected chi connectivity index (χ2v) is 9.16. The Kier molecular flexibility index (Phi) is 7.92. The fraction of sp³-hybridized carbons (Fsp3) is 0.167. The zero-order chi connectivity index (χ0) is 23.8. The van der Waals surface area contributed by atoms with Gasteiger partial charge in [0.05, 0.1) is 19.9 Å². The lowest BCUT2D eigenvalue weighted by Crippen LogP contribution is -2.39. The summed E-state index contributed by atoms with van der Waals surface area (Å²) in [4.78, 5) is 12.5. The quantitative estimate of drug-likeness (QED) is 0.384. The fourth-order valence-corrected chi connectivity index (χ4v) is 4.69. The van der Waals surface area contributed by atoms with Crippen molar-refractivity contribution in [3.05, 3.63) is 95.3 Å². The number of hydrazone groups is 1. The maximum absolute atomic E-state index is 13.5. The van der Waals surface area contributed by atoms with Gasteiger partial charge in [-0.05, 0) is 47.9 Å². The van der Waals surface area contributed by atoms with Gasteiger partial charge in [0.15, 0.2) is 0 Å². The van der Waals surface area contributed by atoms with Crippen molar-refractivity contribution in [2.24, 2.45) is 5.10 Å². The van der Waals surface area contributed by atoms with E-state index < -0.39 is 22.5 Å². The molecule has 0 heterocycles. The third-order valence-electron chi connectivity index (χ3n) is 4.73. The van der Waals surface area contributed by atoms with Gasteiger partial charge in [0.25, 0.3) is 5.91 Å². The summed E-state index contributed by atoms with van der Waals surface area (Å²) in [7, 11) is -2.70. The van der Waals surface area contributed by atoms with Gasteiger partial charge >= 0.3 is 0 Å². The van der Waals surface area contributed by atoms with Crippen LogP contribution in [-0.2, 0) is 21.4 Å². The number of methoxy groups -OCH3 is 1. The lowest BCUT2D eigenvalue weighted by atomic mass is 10.2. The molecule has 0 aliphatic rings. The van der Waals surface area contributed by atoms with Gasteiger partial charge in [-0.2, -0.15) is 9.41 Å². The molecule has 33 heavy (non-hydrogen) atoms. The zero-order valence-electron chi connectivity index (χ0n) is 18.2. The number of carbonyl (C=O) groups is 1. The summed E-state index contributed by atoms with van der Waals surface area (Å²) >= 11 is 0. The van der Waals surface area contributed by atoms with E-state index in [1.54, 1.807) is 43.3 Å². The average molecular weight is 470 g/mol. The van der Waals surface area contributed by atoms with Crippen molar-refractivity contribution in [3.8, 4) is 5.75 Å². The number of rotatable bonds is 9. The number of hydrogen-bond acceptors (Lipinski definition) is 5. The lowest BCUT2D eigenvalue weighted by molar-refractivity contribution is -0.121. The van der Waals surface area contributed by atoms with E-state index >= 15 is 0 Å². The van der Waals surface area contributed by atoms with Crippen LogP contribution in [0.25, 0.3) is 0 Å². The molecule has 3 aromatic carbocycles. The van der Waals surface area contributed by atoms with Gasteiger partial charge in [-0.25, -0.2) is 18.2 Å². The summed E-state index contributed by atoms with van der Waals surface area (Å²) in [5.74, 6) is -0.822. The first-order valence-electron chi connectivity index (χ1n) is 10.1. The molecule has 7 nitrogen and oxygen atoms in total. The summed E-state index contributed by atoms with van der Waals surface area (Å²) < 4.78 is 46.4. The number of aryl methyl sites for hydroxylation is 1. The first-order valence-corrected chi connectivity index (χ1v) is 11.5. The molecule has 0 aromatic heterocycles. The predicted molar refractivity (Wildman–Crippen MR) is 124 cm³/mol. The van der Waals surface area contributed by atoms with Crippen LogP contribution < -0.4 is 10.2 Å². The highest BCUT2D eigenvalue weighted by atomic mass is 32.2. The summed E-state index contributed by atoms with van der Waals surface area (Å²) in [5, 5.41) is 3.84. The van der Waals surface area contributed by atoms with Gasteiger partial charge in [0, 0.05) is 6.54 Å². The molecule has 0 atom stereocenters. The third kappa shape index (κ3) is 6.47. The maximum Gasteiger partial charge on any atom is 0.255 e. The molecule has 1 amide bonds. The van der Waals surface area contributed by atoms with Crippen LogP contribution in [0.4, 0.5) is 4.39 Å². The molecular weight excluding hydrogens is 445 g/mol. The van der Waals surface area contributed by atoms with Gasteiger partial charge < -0.3 is 4.74 Å². The van der Waals surface area contributed by atoms with Crippen molar-refractivity contribution < 1.29 is 22.3 Å². The predicted octanol–water partition coefficient (Wildman–Crippen LogP) is 3.48. The largest absolute Gasteiger partial charge is 0.495 e. The number of halogens is 1. The first-order chi connectivity index (χ1) is 15.8. The van der Waals surface area contributed by atoms with Crippen LogP contribution in [0.1, 0.15) is 16.7 Å². The van der Waals surface area contributed by atoms with Crippen LogP contribution in [0.3, 0.4) is 0 Å². The molecule has 0 saturated carbocycles. The van der Waals surface area contributed by atoms with E-state index in [0.29, 0.717) is 5.56 Å². The van der Waals surface area contributed by atoms with E-state index in [-0.39, 0.29) is 23.0 Å². The van der Waals surface area contributed by atoms with Gasteiger partial charge in [0.1, 0.15) is 16.5 Å². The lowest BCUT2D eigenvalue weighted by Gasteiger charge is -2.23. The molecule has 0 aliphatic heterocycles. The molecule has 3 aromatic rings. The number of nitrogens with one attached hydrogen (secondary N) is 1. The number of sulfonamides is 1. The standard InChI is InChI=1S/C24H24FN3O4S/c1-18-8-13-22(32-2)23(14-18)33(30,31)28(16-20-6-4-3-5-7-20)17-24(29)27-26-15-19-9-11-21(25)12-10-19/h3-15H,16-17H2,1-2H3,(H,27,29)/b26-15+. The van der Waals surface area contributed by atoms with E-state index in [9.17, 15) is 17.6 Å². The summed E-state index contributed by atoms with van der Waals surface area (Å²) in [6.07, 6.45) is 1.34. The summed E-state index contributed by atoms with van der Waals surface area (Å²) in [6, 6.07) is 19.3. The topological polar surface area (TPSA) is 88.1 Å². The SMILES string of the molecule is COc1ccc(C)cc1S(=O)(=O)N(CC(=O)N/N=C/c1ccc(F)cc1)Cc1ccccc1. The molecule has 0 fully saturated rings. The minimum Gasteiger partial charge on any atom is -0.495 e. The number of nitrogens with zero attached hydrogens (tertiary/aromatic N) is 2. The highest BCUT2D eigenvalue weighted by molar-refractivity contribution is 7.89. The van der Waals surface area contributed by atoms with E-state index in [2.05, 4.69) is 10.5 Å². The molecule has 0 bridgehead atoms. The second kappa shape index (κ2) is 10.8. The Morgan fingerprint density at radius 1 is 1.09 bits per heavy atom. The molecule has 0 unspecified atom stereocenters. The van der Waals surface area contributed by atoms with Crippen molar-refractivity contribution in [2.75, 3.05) is 13.7 Å². The van der Waals surface area contributed by atoms with Crippen molar-refractivity contribution in [1.82, 2.24) is 9.73 Å². The van der Waals surface area contributed by atoms with Crippen molar-refractivity contribution in [2.45, 2.75) is 18.4 Å². The van der Waals surface area contributed by atoms with E-state index in [4.69, 9.17) is 4.74 Å². The van der Waals surface area contributed by atoms with Crippen molar-refractivity contribution >= 4 is 22.1 Å². The van der Waals surface area contributed by atoms with E-state index in [1.807, 2.05) is 6.07 Å². The van der Waals surface area contributed by atoms with Crippen LogP contribution in [0.5, 0.6) is 5.75 Å². The third-order valence-corrected chi connectivity index (χ3v) is 6.54. The highest BCUT2D eigenvalue weighted by Crippen LogP contribution is 2.28. The normalized spacial score (nSPS) is 11.6. The Hall–Kier alpha value is -3.56. The molecule has 0 spiro atoms. The number of carbonyl (C=O) groups excluding carboxylic acids is 1. The Balaban J connectivity index is 1.84. The molecule has 0 radical (unpaired) electrons. The number of amides is 1. The Morgan fingerprint density at radius 3 is 2.45 bits per heavy atom. The van der Waals surface area contributed by atoms with Crippen LogP contribution in [-0.4, -0.2) is 38.5 Å². The summed E-state index contributed by atoms with van der Waals surface area (Å²) in [5.41, 5.74) is 4.36. The molecule has 0 saturated heterocycles. The second-order valence-electron chi connectivity index (χ2n) is 7.26. The molecule has 0 aliphatic carbocycles. The van der Waals surface area contributed by atoms with Crippen LogP contribution >= 0.6 is 0 Å². The van der Waals surface area contributed by atoms with Gasteiger partial charge in [-0.3, -0.25) is 4.79 Å². The van der Waals surface area contributed by atoms with Crippen molar-refractivity contribution in [3.63, 3.8) is 0 Å². The number of hydrogen-bond donors (Lipinski definition) is 1. The van der Waals surface area contributed by atoms with E-state index in [0.717, 1.165) is 15.4 Å². The van der Waals surface area contributed by atoms with Gasteiger partial charge in [0.2, 0.25) is 10.0 Å². The van der Waals surface area contributed by atoms with Crippen LogP contribution in [0.2, 0.25) is 0 Å². The van der Waals surface area contributed by atoms with Crippen LogP contribution in [0, 0.1) is 12.7 Å². The van der Waals surface area contributed by atoms with Crippen LogP contribution in [0.15, 0.2) is 82.8 Å². The zero-order valence-corrected chi connectivity index (χ0v) is 19.0. The summed E-state index contributed by atoms with van der Waals surface area (Å²) in [6.45, 7) is 1.29. The van der Waals surface area contributed by atoms with Crippen molar-refractivity contribution in [1.29, 1.82) is 0 Å². The fourth-order valence-electron chi connectivity index (χ4n) is 3.06. The Labute approximate surface area is 192 Å². The Bertz CT molecular complexity index is 1230.